The molecule has 0 radical (unpaired) electrons. The van der Waals surface area contributed by atoms with Gasteiger partial charge in [0.15, 0.2) is 0 Å². The van der Waals surface area contributed by atoms with Crippen LogP contribution in [0.15, 0.2) is 12.3 Å². The fourth-order valence-corrected chi connectivity index (χ4v) is 3.29. The summed E-state index contributed by atoms with van der Waals surface area (Å²) in [7, 11) is 2.00. The first-order valence-electron chi connectivity index (χ1n) is 7.88. The largest absolute Gasteiger partial charge is 0.374 e. The Hall–Kier alpha value is -0.910. The molecule has 0 spiro atoms. The summed E-state index contributed by atoms with van der Waals surface area (Å²) >= 11 is 0. The van der Waals surface area contributed by atoms with E-state index in [9.17, 15) is 0 Å². The third-order valence-electron chi connectivity index (χ3n) is 4.30. The van der Waals surface area contributed by atoms with Crippen LogP contribution in [-0.2, 0) is 11.3 Å². The van der Waals surface area contributed by atoms with Crippen molar-refractivity contribution in [2.75, 3.05) is 26.7 Å². The minimum absolute atomic E-state index is 0.224. The van der Waals surface area contributed by atoms with Gasteiger partial charge in [-0.25, -0.2) is 0 Å². The Kier molecular flexibility index (Phi) is 4.38. The van der Waals surface area contributed by atoms with Gasteiger partial charge in [0, 0.05) is 31.9 Å². The highest BCUT2D eigenvalue weighted by molar-refractivity contribution is 5.13. The molecule has 0 bridgehead atoms. The topological polar surface area (TPSA) is 42.3 Å². The first-order valence-corrected chi connectivity index (χ1v) is 7.88. The molecule has 2 unspecified atom stereocenters. The summed E-state index contributed by atoms with van der Waals surface area (Å²) in [5.41, 5.74) is 1.32. The van der Waals surface area contributed by atoms with Crippen LogP contribution in [0.2, 0.25) is 0 Å². The highest BCUT2D eigenvalue weighted by atomic mass is 16.5. The number of rotatable bonds is 6. The second-order valence-electron chi connectivity index (χ2n) is 5.86. The lowest BCUT2D eigenvalue weighted by Gasteiger charge is -2.41. The zero-order chi connectivity index (χ0) is 13.9. The van der Waals surface area contributed by atoms with Gasteiger partial charge in [0.1, 0.15) is 0 Å². The van der Waals surface area contributed by atoms with Crippen LogP contribution >= 0.6 is 0 Å². The molecule has 112 valence electrons. The van der Waals surface area contributed by atoms with Gasteiger partial charge in [-0.2, -0.15) is 5.10 Å². The van der Waals surface area contributed by atoms with Crippen LogP contribution in [0.5, 0.6) is 0 Å². The van der Waals surface area contributed by atoms with E-state index in [2.05, 4.69) is 33.0 Å². The van der Waals surface area contributed by atoms with Crippen LogP contribution in [0.25, 0.3) is 0 Å². The minimum Gasteiger partial charge on any atom is -0.374 e. The van der Waals surface area contributed by atoms with Crippen molar-refractivity contribution < 1.29 is 4.74 Å². The van der Waals surface area contributed by atoms with Crippen LogP contribution in [0, 0.1) is 0 Å². The molecule has 1 aliphatic heterocycles. The van der Waals surface area contributed by atoms with Crippen LogP contribution in [0.3, 0.4) is 0 Å². The SMILES string of the molecule is CCCn1nccc1C1C(CNC)OCCN1C1CC1. The predicted molar refractivity (Wildman–Crippen MR) is 78.7 cm³/mol. The predicted octanol–water partition coefficient (Wildman–Crippen LogP) is 1.42. The summed E-state index contributed by atoms with van der Waals surface area (Å²) in [6.07, 6.45) is 5.94. The smallest absolute Gasteiger partial charge is 0.0911 e. The Labute approximate surface area is 121 Å². The molecule has 1 aromatic rings. The molecule has 20 heavy (non-hydrogen) atoms. The van der Waals surface area contributed by atoms with E-state index in [0.717, 1.165) is 38.7 Å². The zero-order valence-electron chi connectivity index (χ0n) is 12.6. The maximum atomic E-state index is 6.05. The summed E-state index contributed by atoms with van der Waals surface area (Å²) in [4.78, 5) is 2.65. The molecular weight excluding hydrogens is 252 g/mol. The normalized spacial score (nSPS) is 27.9. The molecular formula is C15H26N4O. The van der Waals surface area contributed by atoms with Crippen LogP contribution in [0.1, 0.15) is 37.9 Å². The van der Waals surface area contributed by atoms with Crippen LogP contribution < -0.4 is 5.32 Å². The van der Waals surface area contributed by atoms with Gasteiger partial charge in [-0.05, 0) is 32.4 Å². The Bertz CT molecular complexity index is 427. The second kappa shape index (κ2) is 6.24. The number of nitrogens with zero attached hydrogens (tertiary/aromatic N) is 3. The summed E-state index contributed by atoms with van der Waals surface area (Å²) < 4.78 is 8.21. The molecule has 2 heterocycles. The van der Waals surface area contributed by atoms with Crippen molar-refractivity contribution in [2.45, 2.75) is 50.9 Å². The molecule has 1 saturated heterocycles. The van der Waals surface area contributed by atoms with Gasteiger partial charge in [0.25, 0.3) is 0 Å². The minimum atomic E-state index is 0.224. The lowest BCUT2D eigenvalue weighted by Crippen LogP contribution is -2.50. The fraction of sp³-hybridized carbons (Fsp3) is 0.800. The molecule has 1 saturated carbocycles. The molecule has 2 fully saturated rings. The van der Waals surface area contributed by atoms with Crippen LogP contribution in [0.4, 0.5) is 0 Å². The monoisotopic (exact) mass is 278 g/mol. The van der Waals surface area contributed by atoms with E-state index in [1.165, 1.54) is 18.5 Å². The highest BCUT2D eigenvalue weighted by Gasteiger charge is 2.42. The molecule has 0 aromatic carbocycles. The summed E-state index contributed by atoms with van der Waals surface area (Å²) in [5, 5.41) is 7.78. The van der Waals surface area contributed by atoms with Gasteiger partial charge < -0.3 is 10.1 Å². The van der Waals surface area contributed by atoms with Crippen molar-refractivity contribution in [3.05, 3.63) is 18.0 Å². The molecule has 1 N–H and O–H groups in total. The van der Waals surface area contributed by atoms with E-state index >= 15 is 0 Å². The van der Waals surface area contributed by atoms with Gasteiger partial charge in [0.05, 0.1) is 24.4 Å². The van der Waals surface area contributed by atoms with Crippen molar-refractivity contribution in [3.8, 4) is 0 Å². The molecule has 0 amide bonds. The highest BCUT2D eigenvalue weighted by Crippen LogP contribution is 2.38. The van der Waals surface area contributed by atoms with Gasteiger partial charge in [-0.1, -0.05) is 6.92 Å². The Morgan fingerprint density at radius 1 is 1.45 bits per heavy atom. The lowest BCUT2D eigenvalue weighted by atomic mass is 10.0. The van der Waals surface area contributed by atoms with Gasteiger partial charge in [-0.15, -0.1) is 0 Å². The molecule has 1 aromatic heterocycles. The fourth-order valence-electron chi connectivity index (χ4n) is 3.29. The van der Waals surface area contributed by atoms with Crippen LogP contribution in [-0.4, -0.2) is 53.6 Å². The van der Waals surface area contributed by atoms with Gasteiger partial charge in [-0.3, -0.25) is 9.58 Å². The first kappa shape index (κ1) is 14.0. The second-order valence-corrected chi connectivity index (χ2v) is 5.86. The number of ether oxygens (including phenoxy) is 1. The third-order valence-corrected chi connectivity index (χ3v) is 4.30. The van der Waals surface area contributed by atoms with Gasteiger partial charge in [0.2, 0.25) is 0 Å². The van der Waals surface area contributed by atoms with Crippen molar-refractivity contribution in [2.24, 2.45) is 0 Å². The van der Waals surface area contributed by atoms with E-state index in [4.69, 9.17) is 4.74 Å². The number of aryl methyl sites for hydroxylation is 1. The average Bonchev–Trinajstić information content (AvgIpc) is 3.20. The Balaban J connectivity index is 1.87. The number of nitrogens with one attached hydrogen (secondary N) is 1. The van der Waals surface area contributed by atoms with E-state index in [0.29, 0.717) is 6.04 Å². The number of morpholine rings is 1. The number of aromatic nitrogens is 2. The molecule has 5 nitrogen and oxygen atoms in total. The molecule has 2 atom stereocenters. The molecule has 5 heteroatoms. The maximum Gasteiger partial charge on any atom is 0.0911 e. The molecule has 3 rings (SSSR count). The maximum absolute atomic E-state index is 6.05. The number of likely N-dealkylation sites (N-methyl/N-ethyl adjacent to an activating group) is 1. The van der Waals surface area contributed by atoms with Crippen molar-refractivity contribution >= 4 is 0 Å². The Morgan fingerprint density at radius 3 is 3.00 bits per heavy atom. The van der Waals surface area contributed by atoms with E-state index < -0.39 is 0 Å². The standard InChI is InChI=1S/C15H26N4O/c1-3-8-19-13(6-7-17-19)15-14(11-16-2)20-10-9-18(15)12-4-5-12/h6-7,12,14-16H,3-5,8-11H2,1-2H3. The summed E-state index contributed by atoms with van der Waals surface area (Å²) in [6.45, 7) is 5.98. The summed E-state index contributed by atoms with van der Waals surface area (Å²) in [6, 6.07) is 3.28. The Morgan fingerprint density at radius 2 is 2.30 bits per heavy atom. The lowest BCUT2D eigenvalue weighted by molar-refractivity contribution is -0.0766. The van der Waals surface area contributed by atoms with E-state index in [-0.39, 0.29) is 6.10 Å². The average molecular weight is 278 g/mol. The van der Waals surface area contributed by atoms with Crippen molar-refractivity contribution in [3.63, 3.8) is 0 Å². The van der Waals surface area contributed by atoms with E-state index in [1.807, 2.05) is 13.2 Å². The number of hydrogen-bond acceptors (Lipinski definition) is 4. The zero-order valence-corrected chi connectivity index (χ0v) is 12.6. The number of hydrogen-bond donors (Lipinski definition) is 1. The van der Waals surface area contributed by atoms with Crippen molar-refractivity contribution in [1.82, 2.24) is 20.0 Å². The van der Waals surface area contributed by atoms with Gasteiger partial charge >= 0.3 is 0 Å². The first-order chi connectivity index (χ1) is 9.85. The molecule has 1 aliphatic carbocycles. The summed E-state index contributed by atoms with van der Waals surface area (Å²) in [5.74, 6) is 0. The van der Waals surface area contributed by atoms with Crippen molar-refractivity contribution in [1.29, 1.82) is 0 Å². The molecule has 2 aliphatic rings. The quantitative estimate of drug-likeness (QED) is 0.854. The third kappa shape index (κ3) is 2.75. The van der Waals surface area contributed by atoms with E-state index in [1.54, 1.807) is 0 Å².